The first kappa shape index (κ1) is 16.0. The maximum atomic E-state index is 9.50. The van der Waals surface area contributed by atoms with E-state index >= 15 is 0 Å². The number of benzene rings is 3. The minimum absolute atomic E-state index is 0.272. The van der Waals surface area contributed by atoms with Gasteiger partial charge in [-0.3, -0.25) is 0 Å². The van der Waals surface area contributed by atoms with Crippen LogP contribution < -0.4 is 9.64 Å². The molecule has 0 fully saturated rings. The third-order valence-corrected chi connectivity index (χ3v) is 6.07. The highest BCUT2D eigenvalue weighted by Crippen LogP contribution is 2.55. The first-order valence-electron chi connectivity index (χ1n) is 9.22. The van der Waals surface area contributed by atoms with E-state index in [4.69, 9.17) is 4.74 Å². The van der Waals surface area contributed by atoms with Gasteiger partial charge in [0.25, 0.3) is 0 Å². The molecule has 0 N–H and O–H groups in total. The summed E-state index contributed by atoms with van der Waals surface area (Å²) in [6.45, 7) is 4.66. The van der Waals surface area contributed by atoms with Crippen molar-refractivity contribution in [1.82, 2.24) is 0 Å². The van der Waals surface area contributed by atoms with Crippen LogP contribution in [-0.4, -0.2) is 12.3 Å². The van der Waals surface area contributed by atoms with Gasteiger partial charge in [0, 0.05) is 11.3 Å². The van der Waals surface area contributed by atoms with Gasteiger partial charge in [-0.25, -0.2) is 0 Å². The molecule has 3 heteroatoms. The molecule has 5 rings (SSSR count). The monoisotopic (exact) mass is 352 g/mol. The summed E-state index contributed by atoms with van der Waals surface area (Å²) in [5.41, 5.74) is 2.34. The fraction of sp³-hybridized carbons (Fsp3) is 0.208. The lowest BCUT2D eigenvalue weighted by atomic mass is 9.76. The molecule has 2 aliphatic heterocycles. The maximum Gasteiger partial charge on any atom is 0.212 e. The zero-order chi connectivity index (χ0) is 18.6. The van der Waals surface area contributed by atoms with Crippen molar-refractivity contribution in [2.75, 3.05) is 11.4 Å². The number of para-hydroxylation sites is 1. The van der Waals surface area contributed by atoms with E-state index in [1.165, 1.54) is 16.3 Å². The van der Waals surface area contributed by atoms with Crippen LogP contribution in [0.3, 0.4) is 0 Å². The Morgan fingerprint density at radius 2 is 1.78 bits per heavy atom. The third kappa shape index (κ3) is 1.96. The molecule has 2 aliphatic rings. The van der Waals surface area contributed by atoms with E-state index in [1.54, 1.807) is 0 Å². The number of hydrogen-bond acceptors (Lipinski definition) is 3. The molecule has 3 aromatic carbocycles. The summed E-state index contributed by atoms with van der Waals surface area (Å²) >= 11 is 0. The predicted octanol–water partition coefficient (Wildman–Crippen LogP) is 5.26. The van der Waals surface area contributed by atoms with Gasteiger partial charge in [0.05, 0.1) is 11.5 Å². The number of nitrogens with zero attached hydrogens (tertiary/aromatic N) is 2. The molecule has 2 heterocycles. The zero-order valence-electron chi connectivity index (χ0n) is 15.4. The van der Waals surface area contributed by atoms with E-state index in [9.17, 15) is 5.26 Å². The van der Waals surface area contributed by atoms with Crippen LogP contribution in [0.15, 0.2) is 66.7 Å². The second-order valence-electron chi connectivity index (χ2n) is 7.72. The highest BCUT2D eigenvalue weighted by Gasteiger charge is 2.58. The molecule has 27 heavy (non-hydrogen) atoms. The molecule has 1 atom stereocenters. The Bertz CT molecular complexity index is 1140. The van der Waals surface area contributed by atoms with E-state index < -0.39 is 5.72 Å². The van der Waals surface area contributed by atoms with Crippen LogP contribution in [0.2, 0.25) is 0 Å². The first-order valence-corrected chi connectivity index (χ1v) is 9.22. The van der Waals surface area contributed by atoms with Gasteiger partial charge in [-0.15, -0.1) is 0 Å². The highest BCUT2D eigenvalue weighted by molar-refractivity contribution is 5.94. The van der Waals surface area contributed by atoms with Gasteiger partial charge in [0.15, 0.2) is 0 Å². The highest BCUT2D eigenvalue weighted by atomic mass is 16.5. The van der Waals surface area contributed by atoms with Crippen molar-refractivity contribution in [3.63, 3.8) is 0 Å². The van der Waals surface area contributed by atoms with Crippen LogP contribution in [0, 0.1) is 11.3 Å². The van der Waals surface area contributed by atoms with Crippen LogP contribution in [0.25, 0.3) is 16.8 Å². The smallest absolute Gasteiger partial charge is 0.212 e. The molecular formula is C24H20N2O. The van der Waals surface area contributed by atoms with E-state index in [1.807, 2.05) is 12.1 Å². The summed E-state index contributed by atoms with van der Waals surface area (Å²) in [6.07, 6.45) is 4.30. The Hall–Kier alpha value is -3.25. The average Bonchev–Trinajstić information content (AvgIpc) is 2.87. The van der Waals surface area contributed by atoms with Crippen molar-refractivity contribution in [3.05, 3.63) is 77.9 Å². The van der Waals surface area contributed by atoms with Gasteiger partial charge in [0.2, 0.25) is 5.72 Å². The summed E-state index contributed by atoms with van der Waals surface area (Å²) in [4.78, 5) is 2.09. The molecule has 1 spiro atoms. The topological polar surface area (TPSA) is 36.3 Å². The normalized spacial score (nSPS) is 21.6. The van der Waals surface area contributed by atoms with Gasteiger partial charge < -0.3 is 9.64 Å². The zero-order valence-corrected chi connectivity index (χ0v) is 15.4. The first-order chi connectivity index (χ1) is 13.1. The van der Waals surface area contributed by atoms with Gasteiger partial charge in [-0.2, -0.15) is 5.26 Å². The Morgan fingerprint density at radius 3 is 2.63 bits per heavy atom. The van der Waals surface area contributed by atoms with E-state index in [2.05, 4.69) is 85.5 Å². The molecule has 0 saturated carbocycles. The average molecular weight is 352 g/mol. The molecule has 0 aromatic heterocycles. The van der Waals surface area contributed by atoms with Crippen LogP contribution in [0.1, 0.15) is 25.0 Å². The van der Waals surface area contributed by atoms with Crippen molar-refractivity contribution < 1.29 is 4.74 Å². The standard InChI is InChI=1S/C24H20N2O/c1-23(2)20-9-5-6-10-21(20)26(16-15-25)24(23)14-13-19-18-8-4-3-7-17(18)11-12-22(19)27-24/h3-14H,16H2,1-2H3. The number of rotatable bonds is 1. The molecule has 0 bridgehead atoms. The lowest BCUT2D eigenvalue weighted by Gasteiger charge is -2.46. The molecule has 0 saturated heterocycles. The largest absolute Gasteiger partial charge is 0.463 e. The lowest BCUT2D eigenvalue weighted by Crippen LogP contribution is -2.59. The molecule has 0 radical (unpaired) electrons. The molecule has 1 unspecified atom stereocenters. The Labute approximate surface area is 159 Å². The summed E-state index contributed by atoms with van der Waals surface area (Å²) in [5.74, 6) is 0.861. The number of ether oxygens (including phenoxy) is 1. The Kier molecular flexibility index (Phi) is 3.18. The van der Waals surface area contributed by atoms with Crippen molar-refractivity contribution in [3.8, 4) is 11.8 Å². The molecule has 0 aliphatic carbocycles. The summed E-state index contributed by atoms with van der Waals surface area (Å²) in [5, 5.41) is 11.9. The number of anilines is 1. The summed E-state index contributed by atoms with van der Waals surface area (Å²) in [7, 11) is 0. The van der Waals surface area contributed by atoms with Gasteiger partial charge >= 0.3 is 0 Å². The van der Waals surface area contributed by atoms with Crippen molar-refractivity contribution in [1.29, 1.82) is 5.26 Å². The molecule has 132 valence electrons. The van der Waals surface area contributed by atoms with Crippen molar-refractivity contribution in [2.24, 2.45) is 0 Å². The van der Waals surface area contributed by atoms with Gasteiger partial charge in [0.1, 0.15) is 12.3 Å². The second kappa shape index (κ2) is 5.37. The van der Waals surface area contributed by atoms with Gasteiger partial charge in [-0.1, -0.05) is 48.5 Å². The summed E-state index contributed by atoms with van der Waals surface area (Å²) < 4.78 is 6.74. The van der Waals surface area contributed by atoms with E-state index in [0.717, 1.165) is 17.0 Å². The van der Waals surface area contributed by atoms with Crippen LogP contribution in [-0.2, 0) is 5.41 Å². The molecular weight excluding hydrogens is 332 g/mol. The predicted molar refractivity (Wildman–Crippen MR) is 109 cm³/mol. The SMILES string of the molecule is CC1(C)c2ccccc2N(CC#N)C12C=Cc1c(ccc3ccccc13)O2. The minimum atomic E-state index is -0.720. The minimum Gasteiger partial charge on any atom is -0.463 e. The van der Waals surface area contributed by atoms with E-state index in [0.29, 0.717) is 0 Å². The quantitative estimate of drug-likeness (QED) is 0.560. The molecule has 0 amide bonds. The van der Waals surface area contributed by atoms with Gasteiger partial charge in [-0.05, 0) is 54.5 Å². The second-order valence-corrected chi connectivity index (χ2v) is 7.72. The fourth-order valence-corrected chi connectivity index (χ4v) is 4.64. The van der Waals surface area contributed by atoms with Crippen molar-refractivity contribution >= 4 is 22.5 Å². The lowest BCUT2D eigenvalue weighted by molar-refractivity contribution is 0.0560. The van der Waals surface area contributed by atoms with Crippen LogP contribution >= 0.6 is 0 Å². The van der Waals surface area contributed by atoms with E-state index in [-0.39, 0.29) is 12.0 Å². The number of fused-ring (bicyclic) bond motifs is 4. The molecule has 3 aromatic rings. The third-order valence-electron chi connectivity index (χ3n) is 6.07. The Balaban J connectivity index is 1.73. The Morgan fingerprint density at radius 1 is 1.00 bits per heavy atom. The summed E-state index contributed by atoms with van der Waals surface area (Å²) in [6, 6.07) is 23.1. The number of hydrogen-bond donors (Lipinski definition) is 0. The van der Waals surface area contributed by atoms with Crippen molar-refractivity contribution in [2.45, 2.75) is 25.0 Å². The molecule has 3 nitrogen and oxygen atoms in total. The number of nitriles is 1. The van der Waals surface area contributed by atoms with Crippen LogP contribution in [0.5, 0.6) is 5.75 Å². The van der Waals surface area contributed by atoms with Crippen LogP contribution in [0.4, 0.5) is 5.69 Å². The fourth-order valence-electron chi connectivity index (χ4n) is 4.64. The maximum absolute atomic E-state index is 9.50.